The Morgan fingerprint density at radius 1 is 0.828 bits per heavy atom. The van der Waals surface area contributed by atoms with E-state index in [1.54, 1.807) is 0 Å². The van der Waals surface area contributed by atoms with Crippen molar-refractivity contribution in [3.8, 4) is 11.4 Å². The van der Waals surface area contributed by atoms with Gasteiger partial charge in [0.15, 0.2) is 11.0 Å². The summed E-state index contributed by atoms with van der Waals surface area (Å²) in [4.78, 5) is 12.3. The number of carbonyl (C=O) groups excluding carboxylic acids is 1. The average molecular weight is 401 g/mol. The molecule has 0 bridgehead atoms. The maximum atomic E-state index is 12.3. The zero-order valence-corrected chi connectivity index (χ0v) is 16.5. The number of anilines is 1. The maximum Gasteiger partial charge on any atom is 0.234 e. The van der Waals surface area contributed by atoms with Crippen LogP contribution >= 0.6 is 11.8 Å². The Labute approximate surface area is 173 Å². The van der Waals surface area contributed by atoms with Gasteiger partial charge in [0, 0.05) is 11.3 Å². The van der Waals surface area contributed by atoms with Crippen LogP contribution < -0.4 is 5.32 Å². The molecular formula is C23H20N4OS. The van der Waals surface area contributed by atoms with Crippen LogP contribution in [0.1, 0.15) is 5.56 Å². The molecule has 0 aliphatic rings. The lowest BCUT2D eigenvalue weighted by molar-refractivity contribution is -0.113. The van der Waals surface area contributed by atoms with Gasteiger partial charge in [0.2, 0.25) is 5.91 Å². The number of nitrogens with zero attached hydrogens (tertiary/aromatic N) is 3. The molecule has 0 aliphatic carbocycles. The van der Waals surface area contributed by atoms with Crippen molar-refractivity contribution in [1.29, 1.82) is 0 Å². The summed E-state index contributed by atoms with van der Waals surface area (Å²) in [6.45, 7) is 0.640. The second kappa shape index (κ2) is 9.21. The Hall–Kier alpha value is -3.38. The van der Waals surface area contributed by atoms with Crippen LogP contribution in [0.15, 0.2) is 96.2 Å². The SMILES string of the molecule is O=C(CSc1nnc(-c2ccccc2)n1Cc1ccccc1)Nc1ccccc1. The summed E-state index contributed by atoms with van der Waals surface area (Å²) in [5, 5.41) is 12.4. The van der Waals surface area contributed by atoms with Gasteiger partial charge in [-0.3, -0.25) is 9.36 Å². The number of nitrogens with one attached hydrogen (secondary N) is 1. The highest BCUT2D eigenvalue weighted by molar-refractivity contribution is 7.99. The molecule has 4 aromatic rings. The second-order valence-electron chi connectivity index (χ2n) is 6.45. The van der Waals surface area contributed by atoms with Gasteiger partial charge in [-0.15, -0.1) is 10.2 Å². The zero-order valence-electron chi connectivity index (χ0n) is 15.7. The van der Waals surface area contributed by atoms with Crippen molar-refractivity contribution in [2.24, 2.45) is 0 Å². The Balaban J connectivity index is 1.54. The van der Waals surface area contributed by atoms with Gasteiger partial charge in [-0.05, 0) is 17.7 Å². The number of aromatic nitrogens is 3. The fraction of sp³-hybridized carbons (Fsp3) is 0.0870. The van der Waals surface area contributed by atoms with Gasteiger partial charge in [-0.1, -0.05) is 90.6 Å². The first-order chi connectivity index (χ1) is 14.3. The minimum atomic E-state index is -0.0725. The molecule has 0 spiro atoms. The summed E-state index contributed by atoms with van der Waals surface area (Å²) < 4.78 is 2.06. The smallest absolute Gasteiger partial charge is 0.234 e. The fourth-order valence-electron chi connectivity index (χ4n) is 2.95. The largest absolute Gasteiger partial charge is 0.325 e. The highest BCUT2D eigenvalue weighted by atomic mass is 32.2. The maximum absolute atomic E-state index is 12.3. The number of amides is 1. The number of hydrogen-bond donors (Lipinski definition) is 1. The van der Waals surface area contributed by atoms with E-state index in [0.29, 0.717) is 6.54 Å². The standard InChI is InChI=1S/C23H20N4OS/c28-21(24-20-14-8-3-9-15-20)17-29-23-26-25-22(19-12-6-2-7-13-19)27(23)16-18-10-4-1-5-11-18/h1-15H,16-17H2,(H,24,28). The van der Waals surface area contributed by atoms with Crippen molar-refractivity contribution >= 4 is 23.4 Å². The van der Waals surface area contributed by atoms with E-state index in [4.69, 9.17) is 0 Å². The third-order valence-corrected chi connectivity index (χ3v) is 5.29. The van der Waals surface area contributed by atoms with Gasteiger partial charge in [-0.2, -0.15) is 0 Å². The predicted molar refractivity (Wildman–Crippen MR) is 117 cm³/mol. The van der Waals surface area contributed by atoms with Crippen LogP contribution in [0, 0.1) is 0 Å². The topological polar surface area (TPSA) is 59.8 Å². The molecule has 0 fully saturated rings. The Morgan fingerprint density at radius 2 is 1.45 bits per heavy atom. The molecule has 4 rings (SSSR count). The number of carbonyl (C=O) groups is 1. The van der Waals surface area contributed by atoms with Crippen LogP contribution in [-0.4, -0.2) is 26.4 Å². The number of rotatable bonds is 7. The Kier molecular flexibility index (Phi) is 6.02. The van der Waals surface area contributed by atoms with E-state index in [1.807, 2.05) is 78.9 Å². The van der Waals surface area contributed by atoms with E-state index < -0.39 is 0 Å². The van der Waals surface area contributed by atoms with Crippen molar-refractivity contribution in [3.05, 3.63) is 96.6 Å². The highest BCUT2D eigenvalue weighted by Crippen LogP contribution is 2.25. The molecule has 6 heteroatoms. The van der Waals surface area contributed by atoms with Crippen LogP contribution in [0.3, 0.4) is 0 Å². The summed E-state index contributed by atoms with van der Waals surface area (Å²) in [5.74, 6) is 0.980. The number of thioether (sulfide) groups is 1. The molecule has 0 saturated carbocycles. The van der Waals surface area contributed by atoms with E-state index in [-0.39, 0.29) is 11.7 Å². The first-order valence-corrected chi connectivity index (χ1v) is 10.3. The fourth-order valence-corrected chi connectivity index (χ4v) is 3.69. The minimum absolute atomic E-state index is 0.0725. The first-order valence-electron chi connectivity index (χ1n) is 9.30. The normalized spacial score (nSPS) is 10.6. The molecule has 0 radical (unpaired) electrons. The van der Waals surface area contributed by atoms with Crippen LogP contribution in [-0.2, 0) is 11.3 Å². The van der Waals surface area contributed by atoms with Crippen LogP contribution in [0.4, 0.5) is 5.69 Å². The summed E-state index contributed by atoms with van der Waals surface area (Å²) in [5.41, 5.74) is 2.94. The van der Waals surface area contributed by atoms with Crippen molar-refractivity contribution in [2.45, 2.75) is 11.7 Å². The molecule has 0 saturated heterocycles. The number of benzene rings is 3. The summed E-state index contributed by atoms with van der Waals surface area (Å²) >= 11 is 1.39. The summed E-state index contributed by atoms with van der Waals surface area (Å²) in [6.07, 6.45) is 0. The van der Waals surface area contributed by atoms with Gasteiger partial charge in [-0.25, -0.2) is 0 Å². The molecule has 5 nitrogen and oxygen atoms in total. The van der Waals surface area contributed by atoms with Crippen molar-refractivity contribution < 1.29 is 4.79 Å². The highest BCUT2D eigenvalue weighted by Gasteiger charge is 2.16. The van der Waals surface area contributed by atoms with Crippen LogP contribution in [0.5, 0.6) is 0 Å². The Bertz CT molecular complexity index is 1070. The van der Waals surface area contributed by atoms with E-state index in [9.17, 15) is 4.79 Å². The Morgan fingerprint density at radius 3 is 2.14 bits per heavy atom. The second-order valence-corrected chi connectivity index (χ2v) is 7.39. The lowest BCUT2D eigenvalue weighted by Gasteiger charge is -2.11. The molecule has 0 aliphatic heterocycles. The van der Waals surface area contributed by atoms with Crippen molar-refractivity contribution in [2.75, 3.05) is 11.1 Å². The van der Waals surface area contributed by atoms with Crippen molar-refractivity contribution in [1.82, 2.24) is 14.8 Å². The van der Waals surface area contributed by atoms with Crippen molar-refractivity contribution in [3.63, 3.8) is 0 Å². The average Bonchev–Trinajstić information content (AvgIpc) is 3.17. The van der Waals surface area contributed by atoms with Gasteiger partial charge in [0.05, 0.1) is 12.3 Å². The molecule has 0 atom stereocenters. The van der Waals surface area contributed by atoms with Gasteiger partial charge in [0.25, 0.3) is 0 Å². The molecule has 3 aromatic carbocycles. The predicted octanol–water partition coefficient (Wildman–Crippen LogP) is 4.72. The molecular weight excluding hydrogens is 380 g/mol. The number of hydrogen-bond acceptors (Lipinski definition) is 4. The third-order valence-electron chi connectivity index (χ3n) is 4.32. The lowest BCUT2D eigenvalue weighted by atomic mass is 10.2. The molecule has 1 amide bonds. The molecule has 29 heavy (non-hydrogen) atoms. The van der Waals surface area contributed by atoms with Gasteiger partial charge >= 0.3 is 0 Å². The molecule has 1 aromatic heterocycles. The van der Waals surface area contributed by atoms with E-state index >= 15 is 0 Å². The lowest BCUT2D eigenvalue weighted by Crippen LogP contribution is -2.14. The summed E-state index contributed by atoms with van der Waals surface area (Å²) in [7, 11) is 0. The zero-order chi connectivity index (χ0) is 19.9. The monoisotopic (exact) mass is 400 g/mol. The van der Waals surface area contributed by atoms with E-state index in [1.165, 1.54) is 11.8 Å². The molecule has 144 valence electrons. The molecule has 1 N–H and O–H groups in total. The minimum Gasteiger partial charge on any atom is -0.325 e. The molecule has 0 unspecified atom stereocenters. The van der Waals surface area contributed by atoms with Crippen LogP contribution in [0.25, 0.3) is 11.4 Å². The van der Waals surface area contributed by atoms with Gasteiger partial charge < -0.3 is 5.32 Å². The van der Waals surface area contributed by atoms with E-state index in [2.05, 4.69) is 32.2 Å². The van der Waals surface area contributed by atoms with Crippen LogP contribution in [0.2, 0.25) is 0 Å². The van der Waals surface area contributed by atoms with E-state index in [0.717, 1.165) is 27.8 Å². The summed E-state index contributed by atoms with van der Waals surface area (Å²) in [6, 6.07) is 29.6. The molecule has 1 heterocycles. The quantitative estimate of drug-likeness (QED) is 0.456. The third kappa shape index (κ3) is 4.92. The first kappa shape index (κ1) is 19.0. The number of para-hydroxylation sites is 1. The van der Waals surface area contributed by atoms with Gasteiger partial charge in [0.1, 0.15) is 0 Å².